The number of anilines is 1. The summed E-state index contributed by atoms with van der Waals surface area (Å²) < 4.78 is 7.25. The Labute approximate surface area is 217 Å². The molecular formula is C30H33N5O2. The lowest BCUT2D eigenvalue weighted by Gasteiger charge is -2.49. The number of aryl methyl sites for hydroxylation is 1. The summed E-state index contributed by atoms with van der Waals surface area (Å²) in [6, 6.07) is 24.9. The fraction of sp³-hybridized carbons (Fsp3) is 0.333. The number of fused-ring (bicyclic) bond motifs is 4. The van der Waals surface area contributed by atoms with Gasteiger partial charge in [-0.2, -0.15) is 5.10 Å². The third kappa shape index (κ3) is 4.79. The van der Waals surface area contributed by atoms with Crippen LogP contribution < -0.4 is 15.4 Å². The van der Waals surface area contributed by atoms with Gasteiger partial charge in [-0.15, -0.1) is 0 Å². The van der Waals surface area contributed by atoms with Crippen LogP contribution in [-0.2, 0) is 7.05 Å². The Kier molecular flexibility index (Phi) is 6.30. The number of rotatable bonds is 6. The standard InChI is InChI=1S/C30H33N5O2/c1-34-29(17-28(33-34)23-8-7-20-5-3-4-6-21(20)15-23)27-19-35-14-13-22(27)16-25(35)18-31-30(36)32-24-9-11-26(37-2)12-10-24/h3-12,15,17,22,25,27H,13-14,16,18-19H2,1-2H3,(H2,31,32,36). The third-order valence-corrected chi connectivity index (χ3v) is 8.07. The van der Waals surface area contributed by atoms with Gasteiger partial charge in [0.15, 0.2) is 0 Å². The van der Waals surface area contributed by atoms with E-state index in [2.05, 4.69) is 75.8 Å². The van der Waals surface area contributed by atoms with Crippen molar-refractivity contribution in [3.05, 3.63) is 78.5 Å². The molecule has 0 spiro atoms. The minimum absolute atomic E-state index is 0.170. The zero-order valence-electron chi connectivity index (χ0n) is 21.4. The van der Waals surface area contributed by atoms with Gasteiger partial charge in [0.25, 0.3) is 0 Å². The number of carbonyl (C=O) groups is 1. The van der Waals surface area contributed by atoms with Gasteiger partial charge in [0.1, 0.15) is 5.75 Å². The minimum Gasteiger partial charge on any atom is -0.497 e. The molecule has 7 heteroatoms. The summed E-state index contributed by atoms with van der Waals surface area (Å²) in [7, 11) is 3.70. The number of ether oxygens (including phenoxy) is 1. The van der Waals surface area contributed by atoms with Crippen molar-refractivity contribution in [3.63, 3.8) is 0 Å². The molecule has 3 aromatic carbocycles. The van der Waals surface area contributed by atoms with Gasteiger partial charge in [-0.3, -0.25) is 9.58 Å². The molecule has 190 valence electrons. The van der Waals surface area contributed by atoms with Crippen LogP contribution in [0.15, 0.2) is 72.8 Å². The molecule has 2 bridgehead atoms. The maximum absolute atomic E-state index is 12.5. The van der Waals surface area contributed by atoms with E-state index >= 15 is 0 Å². The van der Waals surface area contributed by atoms with Gasteiger partial charge in [0.2, 0.25) is 0 Å². The van der Waals surface area contributed by atoms with Crippen LogP contribution in [0.2, 0.25) is 0 Å². The van der Waals surface area contributed by atoms with E-state index in [1.807, 2.05) is 24.3 Å². The second-order valence-corrected chi connectivity index (χ2v) is 10.2. The topological polar surface area (TPSA) is 71.4 Å². The largest absolute Gasteiger partial charge is 0.497 e. The molecule has 1 aromatic heterocycles. The zero-order chi connectivity index (χ0) is 25.4. The lowest BCUT2D eigenvalue weighted by molar-refractivity contribution is 0.0296. The first-order valence-corrected chi connectivity index (χ1v) is 13.0. The number of hydrogen-bond acceptors (Lipinski definition) is 4. The maximum Gasteiger partial charge on any atom is 0.319 e. The number of carbonyl (C=O) groups excluding carboxylic acids is 1. The molecule has 4 atom stereocenters. The molecule has 3 aliphatic heterocycles. The van der Waals surface area contributed by atoms with Crippen molar-refractivity contribution in [2.75, 3.05) is 32.1 Å². The summed E-state index contributed by atoms with van der Waals surface area (Å²) in [5.41, 5.74) is 4.25. The van der Waals surface area contributed by atoms with E-state index in [0.29, 0.717) is 24.4 Å². The molecule has 2 amide bonds. The number of amides is 2. The molecule has 0 radical (unpaired) electrons. The second kappa shape index (κ2) is 9.90. The highest BCUT2D eigenvalue weighted by molar-refractivity contribution is 5.89. The predicted octanol–water partition coefficient (Wildman–Crippen LogP) is 5.25. The van der Waals surface area contributed by atoms with Crippen LogP contribution in [-0.4, -0.2) is 53.5 Å². The summed E-state index contributed by atoms with van der Waals surface area (Å²) in [4.78, 5) is 15.0. The highest BCUT2D eigenvalue weighted by atomic mass is 16.5. The third-order valence-electron chi connectivity index (χ3n) is 8.07. The van der Waals surface area contributed by atoms with Gasteiger partial charge in [-0.25, -0.2) is 4.79 Å². The fourth-order valence-electron chi connectivity index (χ4n) is 6.06. The van der Waals surface area contributed by atoms with Crippen molar-refractivity contribution >= 4 is 22.5 Å². The number of benzene rings is 3. The number of nitrogens with one attached hydrogen (secondary N) is 2. The summed E-state index contributed by atoms with van der Waals surface area (Å²) in [5.74, 6) is 1.83. The summed E-state index contributed by atoms with van der Waals surface area (Å²) in [5, 5.41) is 13.4. The molecule has 7 nitrogen and oxygen atoms in total. The maximum atomic E-state index is 12.5. The van der Waals surface area contributed by atoms with Crippen LogP contribution in [0.1, 0.15) is 24.5 Å². The Morgan fingerprint density at radius 1 is 1.05 bits per heavy atom. The highest BCUT2D eigenvalue weighted by Gasteiger charge is 2.41. The first-order valence-electron chi connectivity index (χ1n) is 13.0. The molecule has 7 rings (SSSR count). The van der Waals surface area contributed by atoms with E-state index in [9.17, 15) is 4.79 Å². The molecule has 0 saturated carbocycles. The predicted molar refractivity (Wildman–Crippen MR) is 147 cm³/mol. The minimum atomic E-state index is -0.170. The molecule has 3 fully saturated rings. The van der Waals surface area contributed by atoms with E-state index in [1.54, 1.807) is 7.11 Å². The number of aromatic nitrogens is 2. The summed E-state index contributed by atoms with van der Waals surface area (Å²) >= 11 is 0. The summed E-state index contributed by atoms with van der Waals surface area (Å²) in [6.45, 7) is 2.75. The molecule has 37 heavy (non-hydrogen) atoms. The van der Waals surface area contributed by atoms with Crippen LogP contribution in [0, 0.1) is 5.92 Å². The number of urea groups is 1. The van der Waals surface area contributed by atoms with Crippen molar-refractivity contribution in [2.45, 2.75) is 24.8 Å². The molecular weight excluding hydrogens is 462 g/mol. The van der Waals surface area contributed by atoms with Gasteiger partial charge >= 0.3 is 6.03 Å². The van der Waals surface area contributed by atoms with Crippen molar-refractivity contribution in [1.29, 1.82) is 0 Å². The molecule has 2 N–H and O–H groups in total. The van der Waals surface area contributed by atoms with Crippen molar-refractivity contribution in [2.24, 2.45) is 13.0 Å². The number of hydrogen-bond donors (Lipinski definition) is 2. The smallest absolute Gasteiger partial charge is 0.319 e. The Balaban J connectivity index is 1.09. The lowest BCUT2D eigenvalue weighted by atomic mass is 9.74. The van der Waals surface area contributed by atoms with Gasteiger partial charge < -0.3 is 15.4 Å². The van der Waals surface area contributed by atoms with Crippen molar-refractivity contribution in [3.8, 4) is 17.0 Å². The van der Waals surface area contributed by atoms with Crippen LogP contribution in [0.3, 0.4) is 0 Å². The van der Waals surface area contributed by atoms with Crippen molar-refractivity contribution in [1.82, 2.24) is 20.0 Å². The highest BCUT2D eigenvalue weighted by Crippen LogP contribution is 2.42. The van der Waals surface area contributed by atoms with E-state index in [0.717, 1.165) is 42.2 Å². The Morgan fingerprint density at radius 3 is 2.62 bits per heavy atom. The summed E-state index contributed by atoms with van der Waals surface area (Å²) in [6.07, 6.45) is 2.28. The average Bonchev–Trinajstić information content (AvgIpc) is 3.33. The average molecular weight is 496 g/mol. The Hall–Kier alpha value is -3.84. The number of nitrogens with zero attached hydrogens (tertiary/aromatic N) is 3. The monoisotopic (exact) mass is 495 g/mol. The number of piperidine rings is 3. The Morgan fingerprint density at radius 2 is 1.86 bits per heavy atom. The van der Waals surface area contributed by atoms with Gasteiger partial charge in [-0.05, 0) is 72.5 Å². The Bertz CT molecular complexity index is 1410. The first-order chi connectivity index (χ1) is 18.1. The van der Waals surface area contributed by atoms with Crippen molar-refractivity contribution < 1.29 is 9.53 Å². The van der Waals surface area contributed by atoms with Crippen LogP contribution in [0.25, 0.3) is 22.0 Å². The molecule has 4 aromatic rings. The normalized spacial score (nSPS) is 22.6. The van der Waals surface area contributed by atoms with E-state index in [-0.39, 0.29) is 6.03 Å². The lowest BCUT2D eigenvalue weighted by Crippen LogP contribution is -2.56. The zero-order valence-corrected chi connectivity index (χ0v) is 21.4. The molecule has 3 aliphatic rings. The van der Waals surface area contributed by atoms with Crippen LogP contribution in [0.4, 0.5) is 10.5 Å². The van der Waals surface area contributed by atoms with E-state index in [4.69, 9.17) is 9.84 Å². The second-order valence-electron chi connectivity index (χ2n) is 10.2. The molecule has 3 saturated heterocycles. The SMILES string of the molecule is COc1ccc(NC(=O)NCC2CC3CCN2CC3c2cc(-c3ccc4ccccc4c3)nn2C)cc1. The molecule has 4 unspecified atom stereocenters. The first kappa shape index (κ1) is 23.6. The van der Waals surface area contributed by atoms with Gasteiger partial charge in [-0.1, -0.05) is 36.4 Å². The molecule has 4 heterocycles. The van der Waals surface area contributed by atoms with Crippen LogP contribution in [0.5, 0.6) is 5.75 Å². The van der Waals surface area contributed by atoms with E-state index < -0.39 is 0 Å². The molecule has 0 aliphatic carbocycles. The van der Waals surface area contributed by atoms with Gasteiger partial charge in [0.05, 0.1) is 12.8 Å². The number of methoxy groups -OCH3 is 1. The van der Waals surface area contributed by atoms with Gasteiger partial charge in [0, 0.05) is 49.0 Å². The van der Waals surface area contributed by atoms with E-state index in [1.165, 1.54) is 22.9 Å². The fourth-order valence-corrected chi connectivity index (χ4v) is 6.06. The quantitative estimate of drug-likeness (QED) is 0.383. The van der Waals surface area contributed by atoms with Crippen LogP contribution >= 0.6 is 0 Å².